The molecular formula is C24H32N2O4. The van der Waals surface area contributed by atoms with Crippen LogP contribution in [0.3, 0.4) is 0 Å². The lowest BCUT2D eigenvalue weighted by Crippen LogP contribution is -2.67. The highest BCUT2D eigenvalue weighted by atomic mass is 16.5. The van der Waals surface area contributed by atoms with Crippen molar-refractivity contribution in [2.75, 3.05) is 40.5 Å². The molecule has 4 heterocycles. The minimum Gasteiger partial charge on any atom is -0.497 e. The Labute approximate surface area is 177 Å². The van der Waals surface area contributed by atoms with E-state index in [0.29, 0.717) is 18.4 Å². The molecule has 2 saturated heterocycles. The van der Waals surface area contributed by atoms with Gasteiger partial charge in [0.1, 0.15) is 11.2 Å². The van der Waals surface area contributed by atoms with Crippen molar-refractivity contribution in [1.82, 2.24) is 9.88 Å². The van der Waals surface area contributed by atoms with Gasteiger partial charge in [-0.05, 0) is 68.2 Å². The second-order valence-electron chi connectivity index (χ2n) is 9.12. The number of hydrogen-bond donors (Lipinski definition) is 1. The molecule has 1 unspecified atom stereocenters. The van der Waals surface area contributed by atoms with E-state index < -0.39 is 5.41 Å². The van der Waals surface area contributed by atoms with Crippen LogP contribution in [-0.4, -0.2) is 62.4 Å². The molecule has 5 atom stereocenters. The first-order valence-corrected chi connectivity index (χ1v) is 11.2. The van der Waals surface area contributed by atoms with Gasteiger partial charge in [0.2, 0.25) is 0 Å². The second-order valence-corrected chi connectivity index (χ2v) is 9.12. The molecule has 4 aliphatic rings. The molecule has 0 radical (unpaired) electrons. The Morgan fingerprint density at radius 3 is 2.97 bits per heavy atom. The average Bonchev–Trinajstić information content (AvgIpc) is 3.09. The van der Waals surface area contributed by atoms with Gasteiger partial charge in [0.05, 0.1) is 13.7 Å². The maximum atomic E-state index is 13.7. The molecule has 6 rings (SSSR count). The minimum absolute atomic E-state index is 0.0616. The Morgan fingerprint density at radius 1 is 1.33 bits per heavy atom. The lowest BCUT2D eigenvalue weighted by atomic mass is 9.56. The van der Waals surface area contributed by atoms with Crippen LogP contribution in [0, 0.1) is 11.8 Å². The summed E-state index contributed by atoms with van der Waals surface area (Å²) in [6.45, 7) is 5.11. The van der Waals surface area contributed by atoms with E-state index in [1.54, 1.807) is 14.2 Å². The zero-order valence-electron chi connectivity index (χ0n) is 18.2. The highest BCUT2D eigenvalue weighted by molar-refractivity contribution is 5.92. The Bertz CT molecular complexity index is 954. The summed E-state index contributed by atoms with van der Waals surface area (Å²) in [5.74, 6) is 1.73. The molecule has 3 fully saturated rings. The molecule has 4 bridgehead atoms. The van der Waals surface area contributed by atoms with Gasteiger partial charge in [0.25, 0.3) is 0 Å². The van der Waals surface area contributed by atoms with Crippen LogP contribution in [0.2, 0.25) is 0 Å². The van der Waals surface area contributed by atoms with E-state index in [-0.39, 0.29) is 12.0 Å². The molecule has 1 aromatic carbocycles. The van der Waals surface area contributed by atoms with Crippen LogP contribution in [-0.2, 0) is 26.1 Å². The molecule has 2 aromatic rings. The van der Waals surface area contributed by atoms with Crippen molar-refractivity contribution in [2.24, 2.45) is 11.8 Å². The summed E-state index contributed by atoms with van der Waals surface area (Å²) >= 11 is 0. The fourth-order valence-electron chi connectivity index (χ4n) is 6.65. The molecular weight excluding hydrogens is 380 g/mol. The van der Waals surface area contributed by atoms with E-state index in [1.165, 1.54) is 17.4 Å². The lowest BCUT2D eigenvalue weighted by Gasteiger charge is -2.58. The molecule has 1 saturated carbocycles. The first-order valence-electron chi connectivity index (χ1n) is 11.2. The topological polar surface area (TPSA) is 63.8 Å². The van der Waals surface area contributed by atoms with Crippen molar-refractivity contribution in [1.29, 1.82) is 0 Å². The molecule has 6 heteroatoms. The van der Waals surface area contributed by atoms with Crippen molar-refractivity contribution < 1.29 is 19.0 Å². The van der Waals surface area contributed by atoms with Crippen molar-refractivity contribution in [2.45, 2.75) is 44.1 Å². The molecule has 0 amide bonds. The maximum absolute atomic E-state index is 13.7. The highest BCUT2D eigenvalue weighted by Gasteiger charge is 2.63. The van der Waals surface area contributed by atoms with Crippen LogP contribution >= 0.6 is 0 Å². The molecule has 1 aliphatic carbocycles. The summed E-state index contributed by atoms with van der Waals surface area (Å²) in [4.78, 5) is 20.0. The number of hydrogen-bond acceptors (Lipinski definition) is 5. The van der Waals surface area contributed by atoms with Gasteiger partial charge in [-0.15, -0.1) is 0 Å². The SMILES string of the molecule is CCOC(=O)[C@@]12C[C@H]3C[C@H](CCOC)[C@@H]1N(CCc1c2[nH]c2ccc(OC)cc12)C3. The van der Waals surface area contributed by atoms with Crippen molar-refractivity contribution in [3.05, 3.63) is 29.5 Å². The van der Waals surface area contributed by atoms with E-state index in [4.69, 9.17) is 14.2 Å². The Morgan fingerprint density at radius 2 is 2.20 bits per heavy atom. The number of methoxy groups -OCH3 is 2. The molecule has 1 aromatic heterocycles. The molecule has 30 heavy (non-hydrogen) atoms. The second kappa shape index (κ2) is 7.57. The zero-order chi connectivity index (χ0) is 20.9. The number of fused-ring (bicyclic) bond motifs is 4. The van der Waals surface area contributed by atoms with Crippen LogP contribution in [0.1, 0.15) is 37.4 Å². The van der Waals surface area contributed by atoms with Crippen LogP contribution < -0.4 is 4.74 Å². The zero-order valence-corrected chi connectivity index (χ0v) is 18.2. The van der Waals surface area contributed by atoms with Gasteiger partial charge in [-0.25, -0.2) is 0 Å². The number of rotatable bonds is 6. The number of carbonyl (C=O) groups excluding carboxylic acids is 1. The summed E-state index contributed by atoms with van der Waals surface area (Å²) in [6, 6.07) is 6.32. The Hall–Kier alpha value is -2.05. The van der Waals surface area contributed by atoms with Gasteiger partial charge < -0.3 is 19.2 Å². The van der Waals surface area contributed by atoms with E-state index in [9.17, 15) is 4.79 Å². The Kier molecular flexibility index (Phi) is 5.02. The number of benzene rings is 1. The third-order valence-electron chi connectivity index (χ3n) is 7.63. The minimum atomic E-state index is -0.631. The molecule has 0 spiro atoms. The molecule has 3 aliphatic heterocycles. The van der Waals surface area contributed by atoms with Gasteiger partial charge in [-0.2, -0.15) is 0 Å². The number of nitrogens with one attached hydrogen (secondary N) is 1. The quantitative estimate of drug-likeness (QED) is 0.738. The fourth-order valence-corrected chi connectivity index (χ4v) is 6.65. The van der Waals surface area contributed by atoms with E-state index in [1.807, 2.05) is 13.0 Å². The normalized spacial score (nSPS) is 32.0. The number of nitrogens with zero attached hydrogens (tertiary/aromatic N) is 1. The van der Waals surface area contributed by atoms with E-state index in [0.717, 1.165) is 55.9 Å². The summed E-state index contributed by atoms with van der Waals surface area (Å²) in [7, 11) is 3.46. The van der Waals surface area contributed by atoms with Crippen LogP contribution in [0.15, 0.2) is 18.2 Å². The number of aromatic amines is 1. The highest BCUT2D eigenvalue weighted by Crippen LogP contribution is 2.55. The average molecular weight is 413 g/mol. The van der Waals surface area contributed by atoms with Crippen LogP contribution in [0.4, 0.5) is 0 Å². The van der Waals surface area contributed by atoms with Crippen molar-refractivity contribution >= 4 is 16.9 Å². The fraction of sp³-hybridized carbons (Fsp3) is 0.625. The molecule has 1 N–H and O–H groups in total. The van der Waals surface area contributed by atoms with Gasteiger partial charge in [-0.1, -0.05) is 0 Å². The summed E-state index contributed by atoms with van der Waals surface area (Å²) in [5, 5.41) is 1.17. The lowest BCUT2D eigenvalue weighted by molar-refractivity contribution is -0.165. The smallest absolute Gasteiger partial charge is 0.319 e. The third-order valence-corrected chi connectivity index (χ3v) is 7.63. The van der Waals surface area contributed by atoms with Gasteiger partial charge in [0.15, 0.2) is 0 Å². The number of aromatic nitrogens is 1. The van der Waals surface area contributed by atoms with Crippen LogP contribution in [0.5, 0.6) is 5.75 Å². The molecule has 162 valence electrons. The van der Waals surface area contributed by atoms with Gasteiger partial charge in [0, 0.05) is 49.4 Å². The third kappa shape index (κ3) is 2.80. The van der Waals surface area contributed by atoms with Gasteiger partial charge >= 0.3 is 5.97 Å². The van der Waals surface area contributed by atoms with E-state index >= 15 is 0 Å². The van der Waals surface area contributed by atoms with Gasteiger partial charge in [-0.3, -0.25) is 9.69 Å². The summed E-state index contributed by atoms with van der Waals surface area (Å²) in [5.41, 5.74) is 2.79. The monoisotopic (exact) mass is 412 g/mol. The van der Waals surface area contributed by atoms with Crippen LogP contribution in [0.25, 0.3) is 10.9 Å². The number of H-pyrrole nitrogens is 1. The number of esters is 1. The summed E-state index contributed by atoms with van der Waals surface area (Å²) in [6.07, 6.45) is 3.96. The molecule has 6 nitrogen and oxygen atoms in total. The first-order chi connectivity index (χ1) is 14.6. The Balaban J connectivity index is 1.71. The number of carbonyl (C=O) groups is 1. The van der Waals surface area contributed by atoms with E-state index in [2.05, 4.69) is 22.0 Å². The van der Waals surface area contributed by atoms with Crippen molar-refractivity contribution in [3.8, 4) is 5.75 Å². The maximum Gasteiger partial charge on any atom is 0.319 e. The number of ether oxygens (including phenoxy) is 3. The predicted octanol–water partition coefficient (Wildman–Crippen LogP) is 3.28. The summed E-state index contributed by atoms with van der Waals surface area (Å²) < 4.78 is 16.7. The number of piperidine rings is 2. The largest absolute Gasteiger partial charge is 0.497 e. The standard InChI is InChI=1S/C24H32N2O4/c1-4-30-23(27)24-13-15-11-16(8-10-28-2)22(24)26(14-15)9-7-18-19-12-17(29-3)5-6-20(19)25-21(18)24/h5-6,12,15-16,22,25H,4,7-11,13-14H2,1-3H3/t15-,16+,22+,24-/m1/s1. The first kappa shape index (κ1) is 19.9. The predicted molar refractivity (Wildman–Crippen MR) is 115 cm³/mol. The van der Waals surface area contributed by atoms with Crippen molar-refractivity contribution in [3.63, 3.8) is 0 Å².